The maximum Gasteiger partial charge on any atom is 0.417 e. The fourth-order valence-electron chi connectivity index (χ4n) is 3.92. The highest BCUT2D eigenvalue weighted by molar-refractivity contribution is 7.88. The van der Waals surface area contributed by atoms with Gasteiger partial charge in [-0.3, -0.25) is 14.6 Å². The molecule has 0 radical (unpaired) electrons. The van der Waals surface area contributed by atoms with Crippen LogP contribution in [0.25, 0.3) is 16.3 Å². The highest BCUT2D eigenvalue weighted by atomic mass is 35.5. The lowest BCUT2D eigenvalue weighted by Gasteiger charge is -2.37. The number of halogens is 6. The predicted octanol–water partition coefficient (Wildman–Crippen LogP) is 4.88. The van der Waals surface area contributed by atoms with E-state index in [-0.39, 0.29) is 35.0 Å². The van der Waals surface area contributed by atoms with Gasteiger partial charge in [-0.1, -0.05) is 23.2 Å². The molecule has 3 aromatic rings. The molecule has 4 rings (SSSR count). The molecule has 7 nitrogen and oxygen atoms in total. The number of alkyl halides is 3. The highest BCUT2D eigenvalue weighted by Gasteiger charge is 2.37. The number of sulfonamides is 1. The zero-order chi connectivity index (χ0) is 28.0. The van der Waals surface area contributed by atoms with Crippen LogP contribution in [-0.2, 0) is 10.0 Å². The van der Waals surface area contributed by atoms with E-state index in [9.17, 15) is 35.6 Å². The molecule has 0 unspecified atom stereocenters. The largest absolute Gasteiger partial charge is 0.417 e. The predicted molar refractivity (Wildman–Crippen MR) is 134 cm³/mol. The summed E-state index contributed by atoms with van der Waals surface area (Å²) in [5.74, 6) is -2.70. The summed E-state index contributed by atoms with van der Waals surface area (Å²) in [5, 5.41) is 1.76. The lowest BCUT2D eigenvalue weighted by atomic mass is 9.95. The summed E-state index contributed by atoms with van der Waals surface area (Å²) < 4.78 is 79.7. The van der Waals surface area contributed by atoms with Crippen molar-refractivity contribution in [2.45, 2.75) is 12.2 Å². The Morgan fingerprint density at radius 1 is 1.08 bits per heavy atom. The second-order valence-electron chi connectivity index (χ2n) is 8.51. The summed E-state index contributed by atoms with van der Waals surface area (Å²) in [7, 11) is -3.38. The van der Waals surface area contributed by atoms with Gasteiger partial charge in [-0.05, 0) is 47.4 Å². The molecule has 2 heterocycles. The average Bonchev–Trinajstić information content (AvgIpc) is 2.80. The molecule has 0 saturated carbocycles. The Bertz CT molecular complexity index is 1580. The van der Waals surface area contributed by atoms with Crippen LogP contribution in [0, 0.1) is 5.82 Å². The number of ketones is 1. The van der Waals surface area contributed by atoms with Gasteiger partial charge in [0, 0.05) is 42.0 Å². The van der Waals surface area contributed by atoms with Crippen LogP contribution in [-0.4, -0.2) is 61.0 Å². The SMILES string of the molecule is CS(=O)(=O)N1CC(NC(=O)c2ccc(C(=O)C=C(c3cc(Cl)c(F)c(Cl)c3)C(F)(F)F)c3ccncc23)C1. The van der Waals surface area contributed by atoms with E-state index in [0.717, 1.165) is 18.4 Å². The second-order valence-corrected chi connectivity index (χ2v) is 11.3. The molecule has 38 heavy (non-hydrogen) atoms. The number of allylic oxidation sites excluding steroid dienone is 2. The molecule has 200 valence electrons. The van der Waals surface area contributed by atoms with Gasteiger partial charge in [0.05, 0.1) is 27.9 Å². The van der Waals surface area contributed by atoms with E-state index >= 15 is 0 Å². The van der Waals surface area contributed by atoms with Crippen LogP contribution >= 0.6 is 23.2 Å². The fourth-order valence-corrected chi connectivity index (χ4v) is 5.30. The third kappa shape index (κ3) is 5.68. The van der Waals surface area contributed by atoms with E-state index in [1.54, 1.807) is 0 Å². The van der Waals surface area contributed by atoms with Gasteiger partial charge in [0.2, 0.25) is 10.0 Å². The quantitative estimate of drug-likeness (QED) is 0.191. The van der Waals surface area contributed by atoms with Crippen LogP contribution < -0.4 is 5.32 Å². The van der Waals surface area contributed by atoms with Gasteiger partial charge in [-0.2, -0.15) is 17.5 Å². The minimum atomic E-state index is -5.01. The maximum atomic E-state index is 13.9. The Hall–Kier alpha value is -3.06. The van der Waals surface area contributed by atoms with Crippen molar-refractivity contribution >= 4 is 61.3 Å². The number of nitrogens with zero attached hydrogens (tertiary/aromatic N) is 2. The number of hydrogen-bond donors (Lipinski definition) is 1. The lowest BCUT2D eigenvalue weighted by molar-refractivity contribution is -0.0689. The summed E-state index contributed by atoms with van der Waals surface area (Å²) >= 11 is 11.3. The Morgan fingerprint density at radius 3 is 2.26 bits per heavy atom. The molecule has 0 bridgehead atoms. The van der Waals surface area contributed by atoms with Crippen LogP contribution in [0.4, 0.5) is 17.6 Å². The first-order chi connectivity index (χ1) is 17.7. The van der Waals surface area contributed by atoms with E-state index in [0.29, 0.717) is 6.08 Å². The van der Waals surface area contributed by atoms with Gasteiger partial charge in [0.1, 0.15) is 0 Å². The van der Waals surface area contributed by atoms with E-state index < -0.39 is 60.9 Å². The molecule has 1 aromatic heterocycles. The van der Waals surface area contributed by atoms with E-state index in [2.05, 4.69) is 10.3 Å². The Balaban J connectivity index is 1.69. The maximum absolute atomic E-state index is 13.9. The molecule has 0 aliphatic carbocycles. The van der Waals surface area contributed by atoms with E-state index in [4.69, 9.17) is 23.2 Å². The molecule has 1 saturated heterocycles. The number of carbonyl (C=O) groups excluding carboxylic acids is 2. The minimum Gasteiger partial charge on any atom is -0.347 e. The van der Waals surface area contributed by atoms with Crippen molar-refractivity contribution < 1.29 is 35.6 Å². The Morgan fingerprint density at radius 2 is 1.68 bits per heavy atom. The second kappa shape index (κ2) is 10.3. The topological polar surface area (TPSA) is 96.4 Å². The van der Waals surface area contributed by atoms with Crippen molar-refractivity contribution in [1.82, 2.24) is 14.6 Å². The molecule has 1 aliphatic heterocycles. The zero-order valence-electron chi connectivity index (χ0n) is 19.3. The monoisotopic (exact) mass is 589 g/mol. The lowest BCUT2D eigenvalue weighted by Crippen LogP contribution is -2.60. The molecular weight excluding hydrogens is 573 g/mol. The van der Waals surface area contributed by atoms with Crippen LogP contribution in [0.15, 0.2) is 48.8 Å². The van der Waals surface area contributed by atoms with Crippen LogP contribution in [0.1, 0.15) is 26.3 Å². The number of fused-ring (bicyclic) bond motifs is 1. The molecule has 2 aromatic carbocycles. The molecule has 0 atom stereocenters. The Labute approximate surface area is 224 Å². The number of pyridine rings is 1. The van der Waals surface area contributed by atoms with Gasteiger partial charge in [0.25, 0.3) is 5.91 Å². The van der Waals surface area contributed by atoms with Crippen molar-refractivity contribution in [2.24, 2.45) is 0 Å². The summed E-state index contributed by atoms with van der Waals surface area (Å²) in [6.45, 7) is 0.194. The van der Waals surface area contributed by atoms with Gasteiger partial charge < -0.3 is 5.32 Å². The number of nitrogens with one attached hydrogen (secondary N) is 1. The molecule has 1 N–H and O–H groups in total. The summed E-state index contributed by atoms with van der Waals surface area (Å²) in [6, 6.07) is 4.86. The normalized spacial score (nSPS) is 15.4. The zero-order valence-corrected chi connectivity index (χ0v) is 21.6. The van der Waals surface area contributed by atoms with Gasteiger partial charge in [0.15, 0.2) is 11.6 Å². The third-order valence-electron chi connectivity index (χ3n) is 5.86. The summed E-state index contributed by atoms with van der Waals surface area (Å²) in [4.78, 5) is 29.9. The van der Waals surface area contributed by atoms with Crippen LogP contribution in [0.2, 0.25) is 10.0 Å². The van der Waals surface area contributed by atoms with Crippen molar-refractivity contribution in [3.05, 3.63) is 81.4 Å². The number of benzene rings is 2. The molecule has 1 aliphatic rings. The van der Waals surface area contributed by atoms with Gasteiger partial charge in [-0.25, -0.2) is 12.8 Å². The molecule has 1 fully saturated rings. The third-order valence-corrected chi connectivity index (χ3v) is 7.64. The van der Waals surface area contributed by atoms with Crippen LogP contribution in [0.5, 0.6) is 0 Å². The average molecular weight is 590 g/mol. The smallest absolute Gasteiger partial charge is 0.347 e. The van der Waals surface area contributed by atoms with Gasteiger partial charge >= 0.3 is 6.18 Å². The van der Waals surface area contributed by atoms with Crippen molar-refractivity contribution in [3.8, 4) is 0 Å². The first-order valence-corrected chi connectivity index (χ1v) is 13.4. The molecule has 0 spiro atoms. The van der Waals surface area contributed by atoms with E-state index in [1.807, 2.05) is 0 Å². The number of amides is 1. The molecule has 14 heteroatoms. The summed E-state index contributed by atoms with van der Waals surface area (Å²) in [6.07, 6.45) is -1.01. The fraction of sp³-hybridized carbons (Fsp3) is 0.208. The van der Waals surface area contributed by atoms with Crippen LogP contribution in [0.3, 0.4) is 0 Å². The van der Waals surface area contributed by atoms with Crippen molar-refractivity contribution in [3.63, 3.8) is 0 Å². The van der Waals surface area contributed by atoms with E-state index in [1.165, 1.54) is 34.9 Å². The summed E-state index contributed by atoms with van der Waals surface area (Å²) in [5.41, 5.74) is -2.05. The van der Waals surface area contributed by atoms with Crippen molar-refractivity contribution in [2.75, 3.05) is 19.3 Å². The minimum absolute atomic E-state index is 0.0968. The number of rotatable bonds is 6. The van der Waals surface area contributed by atoms with Gasteiger partial charge in [-0.15, -0.1) is 0 Å². The molecular formula is C24H17Cl2F4N3O4S. The molecule has 1 amide bonds. The number of hydrogen-bond acceptors (Lipinski definition) is 5. The Kier molecular flexibility index (Phi) is 7.54. The number of carbonyl (C=O) groups is 2. The first kappa shape index (κ1) is 28.0. The number of aromatic nitrogens is 1. The standard InChI is InChI=1S/C24H17Cl2F4N3O4S/c1-38(36,37)33-10-13(11-33)32-23(35)16-3-2-15(14-4-5-31-9-17(14)16)21(34)8-18(24(28,29)30)12-6-19(25)22(27)20(26)7-12/h2-9,13H,10-11H2,1H3,(H,32,35). The first-order valence-electron chi connectivity index (χ1n) is 10.8. The van der Waals surface area contributed by atoms with Crippen molar-refractivity contribution in [1.29, 1.82) is 0 Å². The highest BCUT2D eigenvalue weighted by Crippen LogP contribution is 2.38.